The number of hydrogen-bond acceptors (Lipinski definition) is 0. The summed E-state index contributed by atoms with van der Waals surface area (Å²) in [4.78, 5) is 0. The van der Waals surface area contributed by atoms with Crippen molar-refractivity contribution in [2.75, 3.05) is 0 Å². The molecule has 0 unspecified atom stereocenters. The van der Waals surface area contributed by atoms with Gasteiger partial charge in [-0.2, -0.15) is 0 Å². The van der Waals surface area contributed by atoms with Crippen LogP contribution >= 0.6 is 0 Å². The summed E-state index contributed by atoms with van der Waals surface area (Å²) >= 11 is 0. The molecule has 0 aliphatic carbocycles. The van der Waals surface area contributed by atoms with E-state index in [1.165, 1.54) is 0 Å². The molecule has 1 radical (unpaired) electrons. The molecule has 0 aliphatic heterocycles. The van der Waals surface area contributed by atoms with Crippen LogP contribution < -0.4 is 0 Å². The van der Waals surface area contributed by atoms with E-state index in [1.54, 1.807) is 6.92 Å². The van der Waals surface area contributed by atoms with Gasteiger partial charge in [-0.25, -0.2) is 0 Å². The van der Waals surface area contributed by atoms with Gasteiger partial charge in [0.15, 0.2) is 0 Å². The Kier molecular flexibility index (Phi) is 24.5. The number of rotatable bonds is 0. The molecule has 0 aromatic carbocycles. The molecular formula is C5H9Ni. The Bertz CT molecular complexity index is 26.9. The zero-order valence-electron chi connectivity index (χ0n) is 4.10. The summed E-state index contributed by atoms with van der Waals surface area (Å²) < 4.78 is 0. The maximum absolute atomic E-state index is 4.92. The van der Waals surface area contributed by atoms with Crippen molar-refractivity contribution in [1.82, 2.24) is 0 Å². The first kappa shape index (κ1) is 16.5. The Balaban J connectivity index is -0.0000000450. The van der Waals surface area contributed by atoms with E-state index in [2.05, 4.69) is 6.92 Å². The van der Waals surface area contributed by atoms with E-state index in [4.69, 9.17) is 6.58 Å². The van der Waals surface area contributed by atoms with Crippen molar-refractivity contribution in [1.29, 1.82) is 0 Å². The second-order valence-corrected chi connectivity index (χ2v) is 0.846. The average molecular weight is 128 g/mol. The zero-order valence-corrected chi connectivity index (χ0v) is 5.09. The molecule has 6 heavy (non-hydrogen) atoms. The minimum Gasteiger partial charge on any atom is -0.546 e. The third kappa shape index (κ3) is 3690. The standard InChI is InChI=1S/C4H6.CH3.Ni/c1-4(2)3;;/h1H,2H2,3H3;1H3;/q-2;-1;+3. The molecule has 0 aromatic rings. The average Bonchev–Trinajstić information content (AvgIpc) is 0.811. The predicted octanol–water partition coefficient (Wildman–Crippen LogP) is 1.65. The molecule has 0 saturated heterocycles. The first-order chi connectivity index (χ1) is 1.73. The Morgan fingerprint density at radius 3 is 1.67 bits per heavy atom. The summed E-state index contributed by atoms with van der Waals surface area (Å²) in [5, 5.41) is 0. The van der Waals surface area contributed by atoms with Gasteiger partial charge in [-0.15, -0.1) is 6.92 Å². The van der Waals surface area contributed by atoms with Gasteiger partial charge in [0.2, 0.25) is 0 Å². The van der Waals surface area contributed by atoms with Crippen LogP contribution in [0.25, 0.3) is 0 Å². The molecular weight excluding hydrogens is 119 g/mol. The molecule has 0 spiro atoms. The maximum atomic E-state index is 4.92. The summed E-state index contributed by atoms with van der Waals surface area (Å²) in [5.41, 5.74) is 0.667. The van der Waals surface area contributed by atoms with Crippen molar-refractivity contribution in [2.45, 2.75) is 6.92 Å². The normalized spacial score (nSPS) is 4.17. The summed E-state index contributed by atoms with van der Waals surface area (Å²) in [5.74, 6) is 0. The zero-order chi connectivity index (χ0) is 3.58. The molecule has 0 aromatic heterocycles. The number of allylic oxidation sites excluding steroid dienone is 1. The van der Waals surface area contributed by atoms with Crippen molar-refractivity contribution in [3.63, 3.8) is 0 Å². The van der Waals surface area contributed by atoms with Gasteiger partial charge >= 0.3 is 16.5 Å². The molecule has 0 aliphatic rings. The second kappa shape index (κ2) is 8.92. The van der Waals surface area contributed by atoms with Crippen LogP contribution in [0.5, 0.6) is 0 Å². The van der Waals surface area contributed by atoms with Crippen molar-refractivity contribution in [3.05, 3.63) is 26.5 Å². The Hall–Kier alpha value is 0.104. The smallest absolute Gasteiger partial charge is 0.546 e. The molecule has 0 N–H and O–H groups in total. The van der Waals surface area contributed by atoms with Crippen LogP contribution in [-0.4, -0.2) is 0 Å². The first-order valence-electron chi connectivity index (χ1n) is 1.14. The van der Waals surface area contributed by atoms with E-state index in [0.29, 0.717) is 5.57 Å². The minimum atomic E-state index is 0. The van der Waals surface area contributed by atoms with E-state index < -0.39 is 0 Å². The fourth-order valence-corrected chi connectivity index (χ4v) is 0. The van der Waals surface area contributed by atoms with Gasteiger partial charge in [-0.05, 0) is 0 Å². The maximum Gasteiger partial charge on any atom is 3.00 e. The third-order valence-electron chi connectivity index (χ3n) is 0. The van der Waals surface area contributed by atoms with Crippen molar-refractivity contribution in [3.8, 4) is 0 Å². The van der Waals surface area contributed by atoms with Gasteiger partial charge in [0.1, 0.15) is 0 Å². The van der Waals surface area contributed by atoms with Crippen molar-refractivity contribution >= 4 is 0 Å². The third-order valence-corrected chi connectivity index (χ3v) is 0. The second-order valence-electron chi connectivity index (χ2n) is 0.846. The molecule has 1 heteroatoms. The van der Waals surface area contributed by atoms with Crippen LogP contribution in [0.1, 0.15) is 6.92 Å². The van der Waals surface area contributed by atoms with Crippen LogP contribution in [0.15, 0.2) is 5.57 Å². The van der Waals surface area contributed by atoms with Gasteiger partial charge in [0, 0.05) is 0 Å². The van der Waals surface area contributed by atoms with Gasteiger partial charge in [0.05, 0.1) is 0 Å². The van der Waals surface area contributed by atoms with E-state index in [9.17, 15) is 0 Å². The Labute approximate surface area is 50.6 Å². The van der Waals surface area contributed by atoms with Gasteiger partial charge in [-0.3, -0.25) is 0 Å². The minimum absolute atomic E-state index is 0. The largest absolute Gasteiger partial charge is 3.00 e. The summed E-state index contributed by atoms with van der Waals surface area (Å²) in [6.45, 7) is 10.0. The van der Waals surface area contributed by atoms with Crippen LogP contribution in [0, 0.1) is 20.9 Å². The molecule has 0 amide bonds. The van der Waals surface area contributed by atoms with Crippen LogP contribution in [0.4, 0.5) is 0 Å². The molecule has 0 atom stereocenters. The van der Waals surface area contributed by atoms with Crippen LogP contribution in [0.2, 0.25) is 0 Å². The van der Waals surface area contributed by atoms with Gasteiger partial charge in [-0.1, -0.05) is 0 Å². The monoisotopic (exact) mass is 127 g/mol. The molecule has 0 nitrogen and oxygen atoms in total. The summed E-state index contributed by atoms with van der Waals surface area (Å²) in [6.07, 6.45) is 0. The molecule has 0 heterocycles. The molecule has 0 bridgehead atoms. The SMILES string of the molecule is [CH-]=C([CH2-])C.[CH3-].[Ni+3]. The van der Waals surface area contributed by atoms with Crippen LogP contribution in [0.3, 0.4) is 0 Å². The molecule has 0 rings (SSSR count). The summed E-state index contributed by atoms with van der Waals surface area (Å²) in [7, 11) is 0. The Morgan fingerprint density at radius 1 is 1.67 bits per heavy atom. The van der Waals surface area contributed by atoms with E-state index in [-0.39, 0.29) is 23.9 Å². The quantitative estimate of drug-likeness (QED) is 0.343. The van der Waals surface area contributed by atoms with E-state index >= 15 is 0 Å². The Morgan fingerprint density at radius 2 is 1.67 bits per heavy atom. The van der Waals surface area contributed by atoms with Gasteiger partial charge in [0.25, 0.3) is 0 Å². The fourth-order valence-electron chi connectivity index (χ4n) is 0. The fraction of sp³-hybridized carbons (Fsp3) is 0.200. The van der Waals surface area contributed by atoms with Gasteiger partial charge < -0.3 is 26.5 Å². The van der Waals surface area contributed by atoms with E-state index in [1.807, 2.05) is 0 Å². The number of hydrogen-bond donors (Lipinski definition) is 0. The molecule has 0 fully saturated rings. The first-order valence-corrected chi connectivity index (χ1v) is 1.14. The van der Waals surface area contributed by atoms with Crippen molar-refractivity contribution in [2.24, 2.45) is 0 Å². The van der Waals surface area contributed by atoms with Crippen molar-refractivity contribution < 1.29 is 16.5 Å². The molecule has 39 valence electrons. The molecule has 0 saturated carbocycles. The topological polar surface area (TPSA) is 0 Å². The predicted molar refractivity (Wildman–Crippen MR) is 25.3 cm³/mol. The van der Waals surface area contributed by atoms with Crippen LogP contribution in [-0.2, 0) is 16.5 Å². The van der Waals surface area contributed by atoms with E-state index in [0.717, 1.165) is 0 Å². The summed E-state index contributed by atoms with van der Waals surface area (Å²) in [6, 6.07) is 0.